The largest absolute Gasteiger partial charge is 0.395 e. The number of allylic oxidation sites excluding steroid dienone is 2. The molecule has 3 atom stereocenters. The fraction of sp³-hybridized carbons (Fsp3) is 0.526. The van der Waals surface area contributed by atoms with Gasteiger partial charge in [-0.15, -0.1) is 0 Å². The summed E-state index contributed by atoms with van der Waals surface area (Å²) in [5, 5.41) is 15.8. The average molecular weight is 314 g/mol. The molecule has 124 valence electrons. The Morgan fingerprint density at radius 3 is 2.70 bits per heavy atom. The molecule has 4 nitrogen and oxygen atoms in total. The van der Waals surface area contributed by atoms with Gasteiger partial charge in [0.05, 0.1) is 6.61 Å². The van der Waals surface area contributed by atoms with Crippen LogP contribution in [0.3, 0.4) is 0 Å². The van der Waals surface area contributed by atoms with Crippen molar-refractivity contribution in [3.05, 3.63) is 41.5 Å². The van der Waals surface area contributed by atoms with Gasteiger partial charge in [0.2, 0.25) is 5.91 Å². The molecule has 1 aromatic rings. The van der Waals surface area contributed by atoms with Crippen LogP contribution in [0.5, 0.6) is 0 Å². The molecule has 23 heavy (non-hydrogen) atoms. The predicted molar refractivity (Wildman–Crippen MR) is 92.1 cm³/mol. The number of amides is 1. The molecule has 1 saturated heterocycles. The van der Waals surface area contributed by atoms with E-state index in [0.29, 0.717) is 13.0 Å². The van der Waals surface area contributed by atoms with Crippen molar-refractivity contribution in [3.63, 3.8) is 0 Å². The monoisotopic (exact) mass is 314 g/mol. The molecule has 0 saturated carbocycles. The van der Waals surface area contributed by atoms with Gasteiger partial charge in [-0.3, -0.25) is 4.79 Å². The van der Waals surface area contributed by atoms with E-state index in [9.17, 15) is 9.90 Å². The topological polar surface area (TPSA) is 61.4 Å². The van der Waals surface area contributed by atoms with Crippen molar-refractivity contribution in [2.75, 3.05) is 13.2 Å². The molecule has 0 unspecified atom stereocenters. The molecule has 0 aromatic heterocycles. The van der Waals surface area contributed by atoms with E-state index in [-0.39, 0.29) is 30.5 Å². The van der Waals surface area contributed by atoms with E-state index in [1.54, 1.807) is 0 Å². The third-order valence-electron chi connectivity index (χ3n) is 5.04. The van der Waals surface area contributed by atoms with E-state index in [0.717, 1.165) is 0 Å². The molecule has 0 radical (unpaired) electrons. The molecule has 3 rings (SSSR count). The minimum atomic E-state index is 0.0708. The van der Waals surface area contributed by atoms with Crippen molar-refractivity contribution in [1.29, 1.82) is 0 Å². The lowest BCUT2D eigenvalue weighted by Crippen LogP contribution is -2.64. The Bertz CT molecular complexity index is 580. The fourth-order valence-electron chi connectivity index (χ4n) is 3.66. The summed E-state index contributed by atoms with van der Waals surface area (Å²) in [5.41, 5.74) is 4.00. The summed E-state index contributed by atoms with van der Waals surface area (Å²) in [7, 11) is 0. The Kier molecular flexibility index (Phi) is 5.13. The van der Waals surface area contributed by atoms with E-state index in [1.807, 2.05) is 6.92 Å². The van der Waals surface area contributed by atoms with Gasteiger partial charge in [-0.25, -0.2) is 0 Å². The van der Waals surface area contributed by atoms with Crippen LogP contribution in [0.25, 0.3) is 5.57 Å². The van der Waals surface area contributed by atoms with Gasteiger partial charge in [-0.2, -0.15) is 0 Å². The smallest absolute Gasteiger partial charge is 0.219 e. The standard InChI is InChI=1S/C19H26N2O2/c1-2-18(23)20-11-16-19(17(12-22)21-16)15-9-7-14(8-10-15)13-5-3-4-6-13/h5,7-10,16-17,19,21-22H,2-4,6,11-12H2,1H3,(H,20,23)/t16-,17-,19-/m0/s1. The van der Waals surface area contributed by atoms with E-state index >= 15 is 0 Å². The van der Waals surface area contributed by atoms with Crippen LogP contribution in [-0.4, -0.2) is 36.2 Å². The third-order valence-corrected chi connectivity index (χ3v) is 5.04. The SMILES string of the molecule is CCC(=O)NC[C@@H]1N[C@@H](CO)[C@H]1c1ccc(C2=CCCC2)cc1. The molecule has 1 heterocycles. The molecule has 1 fully saturated rings. The van der Waals surface area contributed by atoms with Gasteiger partial charge in [-0.1, -0.05) is 37.3 Å². The molecule has 4 heteroatoms. The van der Waals surface area contributed by atoms with Crippen LogP contribution >= 0.6 is 0 Å². The second-order valence-electron chi connectivity index (χ2n) is 6.49. The minimum absolute atomic E-state index is 0.0708. The molecule has 3 N–H and O–H groups in total. The van der Waals surface area contributed by atoms with E-state index in [4.69, 9.17) is 0 Å². The van der Waals surface area contributed by atoms with Crippen LogP contribution in [0.1, 0.15) is 49.7 Å². The fourth-order valence-corrected chi connectivity index (χ4v) is 3.66. The van der Waals surface area contributed by atoms with Crippen molar-refractivity contribution in [3.8, 4) is 0 Å². The average Bonchev–Trinajstić information content (AvgIpc) is 3.09. The summed E-state index contributed by atoms with van der Waals surface area (Å²) in [5.74, 6) is 0.324. The lowest BCUT2D eigenvalue weighted by atomic mass is 9.77. The van der Waals surface area contributed by atoms with Crippen LogP contribution in [0.4, 0.5) is 0 Å². The zero-order chi connectivity index (χ0) is 16.2. The Labute approximate surface area is 138 Å². The summed E-state index contributed by atoms with van der Waals surface area (Å²) in [6.45, 7) is 2.59. The van der Waals surface area contributed by atoms with Gasteiger partial charge in [0.1, 0.15) is 0 Å². The van der Waals surface area contributed by atoms with Crippen LogP contribution in [0.15, 0.2) is 30.3 Å². The quantitative estimate of drug-likeness (QED) is 0.754. The number of aliphatic hydroxyl groups excluding tert-OH is 1. The van der Waals surface area contributed by atoms with E-state index in [2.05, 4.69) is 41.0 Å². The maximum Gasteiger partial charge on any atom is 0.219 e. The molecule has 0 bridgehead atoms. The molecular weight excluding hydrogens is 288 g/mol. The first-order chi connectivity index (χ1) is 11.2. The van der Waals surface area contributed by atoms with Crippen LogP contribution in [0.2, 0.25) is 0 Å². The first-order valence-electron chi connectivity index (χ1n) is 8.66. The zero-order valence-corrected chi connectivity index (χ0v) is 13.7. The molecule has 1 amide bonds. The van der Waals surface area contributed by atoms with Crippen LogP contribution < -0.4 is 10.6 Å². The molecule has 1 aliphatic carbocycles. The van der Waals surface area contributed by atoms with Crippen molar-refractivity contribution in [2.45, 2.75) is 50.6 Å². The molecule has 2 aliphatic rings. The number of carbonyl (C=O) groups excluding carboxylic acids is 1. The number of hydrogen-bond donors (Lipinski definition) is 3. The Morgan fingerprint density at radius 1 is 1.30 bits per heavy atom. The van der Waals surface area contributed by atoms with Crippen molar-refractivity contribution in [1.82, 2.24) is 10.6 Å². The van der Waals surface area contributed by atoms with Crippen molar-refractivity contribution in [2.24, 2.45) is 0 Å². The minimum Gasteiger partial charge on any atom is -0.395 e. The second kappa shape index (κ2) is 7.28. The first kappa shape index (κ1) is 16.2. The van der Waals surface area contributed by atoms with Crippen LogP contribution in [-0.2, 0) is 4.79 Å². The van der Waals surface area contributed by atoms with E-state index in [1.165, 1.54) is 36.0 Å². The zero-order valence-electron chi connectivity index (χ0n) is 13.7. The number of rotatable bonds is 6. The summed E-state index contributed by atoms with van der Waals surface area (Å²) in [6, 6.07) is 9.02. The highest BCUT2D eigenvalue weighted by molar-refractivity contribution is 5.75. The second-order valence-corrected chi connectivity index (χ2v) is 6.49. The number of nitrogens with one attached hydrogen (secondary N) is 2. The number of benzene rings is 1. The van der Waals surface area contributed by atoms with Gasteiger partial charge in [0.15, 0.2) is 0 Å². The normalized spacial score (nSPS) is 26.5. The Hall–Kier alpha value is -1.65. The highest BCUT2D eigenvalue weighted by Crippen LogP contribution is 2.34. The number of carbonyl (C=O) groups is 1. The highest BCUT2D eigenvalue weighted by Gasteiger charge is 2.40. The lowest BCUT2D eigenvalue weighted by Gasteiger charge is -2.46. The molecular formula is C19H26N2O2. The first-order valence-corrected chi connectivity index (χ1v) is 8.66. The van der Waals surface area contributed by atoms with E-state index < -0.39 is 0 Å². The van der Waals surface area contributed by atoms with Gasteiger partial charge in [-0.05, 0) is 36.0 Å². The van der Waals surface area contributed by atoms with Crippen molar-refractivity contribution < 1.29 is 9.90 Å². The van der Waals surface area contributed by atoms with Gasteiger partial charge < -0.3 is 15.7 Å². The Balaban J connectivity index is 1.68. The summed E-state index contributed by atoms with van der Waals surface area (Å²) in [4.78, 5) is 11.4. The predicted octanol–water partition coefficient (Wildman–Crippen LogP) is 2.20. The summed E-state index contributed by atoms with van der Waals surface area (Å²) in [6.07, 6.45) is 6.46. The maximum atomic E-state index is 11.4. The number of hydrogen-bond acceptors (Lipinski definition) is 3. The Morgan fingerprint density at radius 2 is 2.09 bits per heavy atom. The highest BCUT2D eigenvalue weighted by atomic mass is 16.3. The van der Waals surface area contributed by atoms with Gasteiger partial charge in [0, 0.05) is 31.0 Å². The molecule has 1 aromatic carbocycles. The number of aliphatic hydroxyl groups is 1. The lowest BCUT2D eigenvalue weighted by molar-refractivity contribution is -0.121. The van der Waals surface area contributed by atoms with Gasteiger partial charge >= 0.3 is 0 Å². The molecule has 1 aliphatic heterocycles. The summed E-state index contributed by atoms with van der Waals surface area (Å²) >= 11 is 0. The van der Waals surface area contributed by atoms with Crippen LogP contribution in [0, 0.1) is 0 Å². The summed E-state index contributed by atoms with van der Waals surface area (Å²) < 4.78 is 0. The third kappa shape index (κ3) is 3.48. The van der Waals surface area contributed by atoms with Gasteiger partial charge in [0.25, 0.3) is 0 Å². The molecule has 0 spiro atoms. The maximum absolute atomic E-state index is 11.4. The van der Waals surface area contributed by atoms with Crippen molar-refractivity contribution >= 4 is 11.5 Å².